The van der Waals surface area contributed by atoms with Crippen LogP contribution >= 0.6 is 22.9 Å². The number of methoxy groups -OCH3 is 2. The average Bonchev–Trinajstić information content (AvgIpc) is 3.01. The molecule has 0 aliphatic rings. The highest BCUT2D eigenvalue weighted by Gasteiger charge is 2.21. The van der Waals surface area contributed by atoms with Crippen LogP contribution in [0.3, 0.4) is 0 Å². The highest BCUT2D eigenvalue weighted by molar-refractivity contribution is 7.21. The van der Waals surface area contributed by atoms with Crippen molar-refractivity contribution in [3.05, 3.63) is 57.7 Å². The predicted octanol–water partition coefficient (Wildman–Crippen LogP) is 4.75. The summed E-state index contributed by atoms with van der Waals surface area (Å²) in [6.45, 7) is -0.486. The molecule has 0 atom stereocenters. The standard InChI is InChI=1S/C19H14ClFO5S/c1-24-11-4-6-12(15(8-11)25-2)14(22)9-26-19(23)18-17(20)13-5-3-10(21)7-16(13)27-18/h3-8H,9H2,1-2H3. The smallest absolute Gasteiger partial charge is 0.350 e. The molecule has 5 nitrogen and oxygen atoms in total. The molecule has 0 N–H and O–H groups in total. The first-order valence-electron chi connectivity index (χ1n) is 7.74. The molecule has 1 heterocycles. The van der Waals surface area contributed by atoms with Crippen LogP contribution in [-0.2, 0) is 4.74 Å². The fourth-order valence-corrected chi connectivity index (χ4v) is 3.90. The molecule has 3 rings (SSSR count). The number of carbonyl (C=O) groups is 2. The fourth-order valence-electron chi connectivity index (χ4n) is 2.47. The van der Waals surface area contributed by atoms with Crippen LogP contribution in [0.5, 0.6) is 11.5 Å². The number of thiophene rings is 1. The number of hydrogen-bond donors (Lipinski definition) is 0. The van der Waals surface area contributed by atoms with Gasteiger partial charge in [-0.25, -0.2) is 9.18 Å². The van der Waals surface area contributed by atoms with Crippen molar-refractivity contribution in [2.75, 3.05) is 20.8 Å². The molecule has 8 heteroatoms. The summed E-state index contributed by atoms with van der Waals surface area (Å²) in [6, 6.07) is 8.74. The van der Waals surface area contributed by atoms with Crippen molar-refractivity contribution in [1.82, 2.24) is 0 Å². The first kappa shape index (κ1) is 19.1. The molecule has 0 fully saturated rings. The van der Waals surface area contributed by atoms with Gasteiger partial charge in [-0.1, -0.05) is 11.6 Å². The Bertz CT molecular complexity index is 1030. The van der Waals surface area contributed by atoms with Crippen LogP contribution in [-0.4, -0.2) is 32.6 Å². The number of hydrogen-bond acceptors (Lipinski definition) is 6. The molecule has 1 aromatic heterocycles. The maximum atomic E-state index is 13.3. The second-order valence-corrected chi connectivity index (χ2v) is 6.88. The van der Waals surface area contributed by atoms with Gasteiger partial charge in [-0.15, -0.1) is 11.3 Å². The van der Waals surface area contributed by atoms with Crippen LogP contribution in [0.25, 0.3) is 10.1 Å². The lowest BCUT2D eigenvalue weighted by Crippen LogP contribution is -2.14. The van der Waals surface area contributed by atoms with E-state index in [4.69, 9.17) is 25.8 Å². The Morgan fingerprint density at radius 2 is 1.89 bits per heavy atom. The fraction of sp³-hybridized carbons (Fsp3) is 0.158. The van der Waals surface area contributed by atoms with E-state index in [1.54, 1.807) is 12.1 Å². The van der Waals surface area contributed by atoms with Gasteiger partial charge in [0.25, 0.3) is 0 Å². The number of ether oxygens (including phenoxy) is 3. The second-order valence-electron chi connectivity index (χ2n) is 5.45. The number of ketones is 1. The lowest BCUT2D eigenvalue weighted by molar-refractivity contribution is 0.0479. The van der Waals surface area contributed by atoms with Gasteiger partial charge in [-0.2, -0.15) is 0 Å². The van der Waals surface area contributed by atoms with Crippen LogP contribution in [0.2, 0.25) is 5.02 Å². The van der Waals surface area contributed by atoms with E-state index < -0.39 is 24.2 Å². The maximum absolute atomic E-state index is 13.3. The molecule has 0 bridgehead atoms. The summed E-state index contributed by atoms with van der Waals surface area (Å²) < 4.78 is 29.2. The molecule has 27 heavy (non-hydrogen) atoms. The molecular weight excluding hydrogens is 395 g/mol. The van der Waals surface area contributed by atoms with Gasteiger partial charge >= 0.3 is 5.97 Å². The van der Waals surface area contributed by atoms with E-state index in [0.29, 0.717) is 21.6 Å². The Labute approximate surface area is 163 Å². The molecule has 0 saturated heterocycles. The monoisotopic (exact) mass is 408 g/mol. The molecule has 3 aromatic rings. The van der Waals surface area contributed by atoms with Gasteiger partial charge in [0.2, 0.25) is 5.78 Å². The molecule has 0 saturated carbocycles. The largest absolute Gasteiger partial charge is 0.497 e. The van der Waals surface area contributed by atoms with Gasteiger partial charge in [-0.3, -0.25) is 4.79 Å². The number of Topliss-reactive ketones (excluding diaryl/α,β-unsaturated/α-hetero) is 1. The van der Waals surface area contributed by atoms with E-state index in [-0.39, 0.29) is 15.5 Å². The Hall–Kier alpha value is -2.64. The first-order chi connectivity index (χ1) is 12.9. The molecule has 0 aliphatic heterocycles. The summed E-state index contributed by atoms with van der Waals surface area (Å²) in [5.74, 6) is -0.772. The van der Waals surface area contributed by atoms with Crippen molar-refractivity contribution in [3.8, 4) is 11.5 Å². The number of carbonyl (C=O) groups excluding carboxylic acids is 2. The second kappa shape index (κ2) is 7.94. The van der Waals surface area contributed by atoms with Crippen LogP contribution < -0.4 is 9.47 Å². The van der Waals surface area contributed by atoms with E-state index in [1.165, 1.54) is 38.5 Å². The number of benzene rings is 2. The molecule has 0 unspecified atom stereocenters. The van der Waals surface area contributed by atoms with Crippen LogP contribution in [0, 0.1) is 5.82 Å². The summed E-state index contributed by atoms with van der Waals surface area (Å²) in [6.07, 6.45) is 0. The van der Waals surface area contributed by atoms with Crippen molar-refractivity contribution < 1.29 is 28.2 Å². The minimum absolute atomic E-state index is 0.117. The number of rotatable bonds is 6. The van der Waals surface area contributed by atoms with Gasteiger partial charge in [0.15, 0.2) is 6.61 Å². The molecule has 2 aromatic carbocycles. The summed E-state index contributed by atoms with van der Waals surface area (Å²) in [4.78, 5) is 24.8. The first-order valence-corrected chi connectivity index (χ1v) is 8.94. The molecule has 0 spiro atoms. The van der Waals surface area contributed by atoms with Crippen molar-refractivity contribution in [3.63, 3.8) is 0 Å². The highest BCUT2D eigenvalue weighted by atomic mass is 35.5. The SMILES string of the molecule is COc1ccc(C(=O)COC(=O)c2sc3cc(F)ccc3c2Cl)c(OC)c1. The molecular formula is C19H14ClFO5S. The summed E-state index contributed by atoms with van der Waals surface area (Å²) in [5, 5.41) is 0.729. The average molecular weight is 409 g/mol. The maximum Gasteiger partial charge on any atom is 0.350 e. The van der Waals surface area contributed by atoms with Crippen molar-refractivity contribution in [2.45, 2.75) is 0 Å². The van der Waals surface area contributed by atoms with Crippen molar-refractivity contribution in [2.24, 2.45) is 0 Å². The van der Waals surface area contributed by atoms with Gasteiger partial charge in [0.05, 0.1) is 24.8 Å². The third-order valence-corrected chi connectivity index (χ3v) is 5.46. The molecule has 0 aliphatic carbocycles. The Balaban J connectivity index is 1.76. The van der Waals surface area contributed by atoms with Crippen LogP contribution in [0.4, 0.5) is 4.39 Å². The number of halogens is 2. The number of fused-ring (bicyclic) bond motifs is 1. The molecule has 0 radical (unpaired) electrons. The quantitative estimate of drug-likeness (QED) is 0.435. The van der Waals surface area contributed by atoms with Crippen LogP contribution in [0.15, 0.2) is 36.4 Å². The van der Waals surface area contributed by atoms with Crippen molar-refractivity contribution in [1.29, 1.82) is 0 Å². The van der Waals surface area contributed by atoms with Gasteiger partial charge in [0.1, 0.15) is 22.2 Å². The minimum Gasteiger partial charge on any atom is -0.497 e. The van der Waals surface area contributed by atoms with Gasteiger partial charge in [-0.05, 0) is 30.3 Å². The zero-order valence-electron chi connectivity index (χ0n) is 14.4. The zero-order chi connectivity index (χ0) is 19.6. The lowest BCUT2D eigenvalue weighted by Gasteiger charge is -2.09. The highest BCUT2D eigenvalue weighted by Crippen LogP contribution is 2.36. The van der Waals surface area contributed by atoms with Crippen LogP contribution in [0.1, 0.15) is 20.0 Å². The summed E-state index contributed by atoms with van der Waals surface area (Å²) in [7, 11) is 2.92. The normalized spacial score (nSPS) is 10.7. The molecule has 0 amide bonds. The van der Waals surface area contributed by atoms with E-state index in [1.807, 2.05) is 0 Å². The van der Waals surface area contributed by atoms with E-state index in [0.717, 1.165) is 11.3 Å². The van der Waals surface area contributed by atoms with Crippen molar-refractivity contribution >= 4 is 44.8 Å². The van der Waals surface area contributed by atoms with Gasteiger partial charge < -0.3 is 14.2 Å². The van der Waals surface area contributed by atoms with E-state index in [9.17, 15) is 14.0 Å². The summed E-state index contributed by atoms with van der Waals surface area (Å²) >= 11 is 7.19. The topological polar surface area (TPSA) is 61.8 Å². The molecule has 140 valence electrons. The van der Waals surface area contributed by atoms with E-state index in [2.05, 4.69) is 0 Å². The predicted molar refractivity (Wildman–Crippen MR) is 101 cm³/mol. The Morgan fingerprint density at radius 1 is 1.11 bits per heavy atom. The third-order valence-electron chi connectivity index (χ3n) is 3.82. The van der Waals surface area contributed by atoms with E-state index >= 15 is 0 Å². The summed E-state index contributed by atoms with van der Waals surface area (Å²) in [5.41, 5.74) is 0.260. The number of esters is 1. The Kier molecular flexibility index (Phi) is 5.62. The van der Waals surface area contributed by atoms with Gasteiger partial charge in [0, 0.05) is 16.2 Å². The third kappa shape index (κ3) is 3.89. The minimum atomic E-state index is -0.748. The lowest BCUT2D eigenvalue weighted by atomic mass is 10.1. The Morgan fingerprint density at radius 3 is 2.59 bits per heavy atom. The zero-order valence-corrected chi connectivity index (χ0v) is 15.9.